The number of nitriles is 1. The zero-order valence-electron chi connectivity index (χ0n) is 34.8. The summed E-state index contributed by atoms with van der Waals surface area (Å²) in [7, 11) is 1.52. The van der Waals surface area contributed by atoms with Gasteiger partial charge < -0.3 is 58.6 Å². The molecule has 0 aliphatic rings. The summed E-state index contributed by atoms with van der Waals surface area (Å²) >= 11 is 6.35. The number of amides is 2. The van der Waals surface area contributed by atoms with Crippen LogP contribution in [0.5, 0.6) is 5.75 Å². The Morgan fingerprint density at radius 1 is 0.742 bits per heavy atom. The van der Waals surface area contributed by atoms with E-state index in [0.717, 1.165) is 6.20 Å². The third-order valence-corrected chi connectivity index (χ3v) is 8.70. The number of carbonyl (C=O) groups is 2. The van der Waals surface area contributed by atoms with E-state index in [4.69, 9.17) is 60.0 Å². The molecule has 2 amide bonds. The van der Waals surface area contributed by atoms with Crippen LogP contribution in [0.25, 0.3) is 11.1 Å². The Labute approximate surface area is 364 Å². The monoisotopic (exact) mass is 897 g/mol. The second-order valence-corrected chi connectivity index (χ2v) is 13.3. The number of nitrogens with two attached hydrogens (primary N) is 1. The number of aromatic nitrogens is 1. The highest BCUT2D eigenvalue weighted by Gasteiger charge is 2.33. The fraction of sp³-hybridized carbons (Fsp3) is 0.524. The maximum Gasteiger partial charge on any atom is 0.433 e. The highest BCUT2D eigenvalue weighted by Crippen LogP contribution is 2.35. The molecule has 0 aliphatic carbocycles. The summed E-state index contributed by atoms with van der Waals surface area (Å²) in [6, 6.07) is 13.4. The first-order valence-corrected chi connectivity index (χ1v) is 20.3. The first kappa shape index (κ1) is 51.9. The second kappa shape index (κ2) is 30.6. The summed E-state index contributed by atoms with van der Waals surface area (Å²) in [6.45, 7) is 7.93. The van der Waals surface area contributed by atoms with Gasteiger partial charge >= 0.3 is 6.18 Å². The number of benzene rings is 2. The van der Waals surface area contributed by atoms with E-state index in [1.807, 2.05) is 0 Å². The highest BCUT2D eigenvalue weighted by atomic mass is 35.5. The number of carbonyl (C=O) groups excluding carboxylic acids is 2. The molecule has 16 nitrogen and oxygen atoms in total. The predicted octanol–water partition coefficient (Wildman–Crippen LogP) is 4.55. The molecule has 0 saturated carbocycles. The molecule has 3 rings (SSSR count). The van der Waals surface area contributed by atoms with Crippen molar-refractivity contribution in [1.82, 2.24) is 10.3 Å². The van der Waals surface area contributed by atoms with Crippen molar-refractivity contribution in [3.05, 3.63) is 76.6 Å². The fourth-order valence-electron chi connectivity index (χ4n) is 5.27. The van der Waals surface area contributed by atoms with Gasteiger partial charge in [0.2, 0.25) is 5.91 Å². The quantitative estimate of drug-likeness (QED) is 0.0809. The Morgan fingerprint density at radius 2 is 1.26 bits per heavy atom. The summed E-state index contributed by atoms with van der Waals surface area (Å²) in [5.74, 6) is -0.412. The average Bonchev–Trinajstić information content (AvgIpc) is 3.27. The molecule has 0 spiro atoms. The van der Waals surface area contributed by atoms with Crippen LogP contribution in [0.2, 0.25) is 5.02 Å². The molecule has 0 atom stereocenters. The van der Waals surface area contributed by atoms with Crippen LogP contribution in [0.15, 0.2) is 54.7 Å². The van der Waals surface area contributed by atoms with Gasteiger partial charge in [0.15, 0.2) is 0 Å². The Bertz CT molecular complexity index is 1810. The average molecular weight is 898 g/mol. The second-order valence-electron chi connectivity index (χ2n) is 12.9. The molecule has 0 aliphatic heterocycles. The summed E-state index contributed by atoms with van der Waals surface area (Å²) in [6.07, 6.45) is -3.80. The minimum absolute atomic E-state index is 0.0204. The molecule has 0 radical (unpaired) electrons. The number of nitrogens with zero attached hydrogens (tertiary/aromatic N) is 3. The number of hydrogen-bond donors (Lipinski definition) is 2. The van der Waals surface area contributed by atoms with Gasteiger partial charge in [0.05, 0.1) is 136 Å². The largest absolute Gasteiger partial charge is 0.491 e. The van der Waals surface area contributed by atoms with E-state index in [9.17, 15) is 28.0 Å². The van der Waals surface area contributed by atoms with E-state index in [-0.39, 0.29) is 52.8 Å². The molecule has 3 N–H and O–H groups in total. The standard InChI is InChI=1S/C42H55ClF3N5O11/c1-51(41(53)32-6-7-36(43)34(28-32)35-31-50-39(42(44,45)46)29-33(35)30-48)37-4-2-3-5-38(37)62-11-8-40(52)49-10-13-55-15-17-57-19-21-59-23-25-61-27-26-60-24-22-58-20-18-56-16-14-54-12-9-47/h2-7,28-29,31H,8-27,47H2,1H3,(H,49,52). The number of halogens is 4. The number of hydrogen-bond acceptors (Lipinski definition) is 14. The molecular formula is C42H55ClF3N5O11. The number of anilines is 1. The van der Waals surface area contributed by atoms with Crippen LogP contribution in [-0.2, 0) is 48.9 Å². The zero-order valence-corrected chi connectivity index (χ0v) is 35.5. The summed E-state index contributed by atoms with van der Waals surface area (Å²) in [4.78, 5) is 30.8. The van der Waals surface area contributed by atoms with Crippen molar-refractivity contribution in [3.63, 3.8) is 0 Å². The van der Waals surface area contributed by atoms with Gasteiger partial charge in [-0.1, -0.05) is 23.7 Å². The third-order valence-electron chi connectivity index (χ3n) is 8.37. The van der Waals surface area contributed by atoms with E-state index >= 15 is 0 Å². The lowest BCUT2D eigenvalue weighted by molar-refractivity contribution is -0.141. The summed E-state index contributed by atoms with van der Waals surface area (Å²) in [5, 5.41) is 12.4. The molecule has 2 aromatic carbocycles. The Morgan fingerprint density at radius 3 is 1.77 bits per heavy atom. The minimum atomic E-state index is -4.75. The van der Waals surface area contributed by atoms with Crippen LogP contribution < -0.4 is 20.7 Å². The molecule has 1 aromatic heterocycles. The maximum atomic E-state index is 13.6. The topological polar surface area (TPSA) is 195 Å². The van der Waals surface area contributed by atoms with Crippen molar-refractivity contribution in [1.29, 1.82) is 5.26 Å². The lowest BCUT2D eigenvalue weighted by Gasteiger charge is -2.21. The van der Waals surface area contributed by atoms with Gasteiger partial charge in [0, 0.05) is 48.0 Å². The van der Waals surface area contributed by atoms with Crippen molar-refractivity contribution in [3.8, 4) is 22.9 Å². The van der Waals surface area contributed by atoms with Gasteiger partial charge in [0.1, 0.15) is 11.4 Å². The van der Waals surface area contributed by atoms with Crippen LogP contribution >= 0.6 is 11.6 Å². The number of nitrogens with one attached hydrogen (secondary N) is 1. The number of alkyl halides is 3. The van der Waals surface area contributed by atoms with Crippen LogP contribution in [0.4, 0.5) is 18.9 Å². The van der Waals surface area contributed by atoms with Crippen molar-refractivity contribution in [2.75, 3.05) is 137 Å². The molecule has 0 unspecified atom stereocenters. The summed E-state index contributed by atoms with van der Waals surface area (Å²) < 4.78 is 88.8. The molecule has 0 bridgehead atoms. The van der Waals surface area contributed by atoms with Gasteiger partial charge in [-0.25, -0.2) is 0 Å². The van der Waals surface area contributed by atoms with E-state index in [1.165, 1.54) is 30.1 Å². The van der Waals surface area contributed by atoms with E-state index in [1.54, 1.807) is 30.3 Å². The molecule has 0 fully saturated rings. The lowest BCUT2D eigenvalue weighted by atomic mass is 9.99. The fourth-order valence-corrected chi connectivity index (χ4v) is 5.49. The highest BCUT2D eigenvalue weighted by molar-refractivity contribution is 6.33. The van der Waals surface area contributed by atoms with Gasteiger partial charge in [0.25, 0.3) is 5.91 Å². The Kier molecular flexibility index (Phi) is 25.6. The minimum Gasteiger partial charge on any atom is -0.491 e. The number of pyridine rings is 1. The SMILES string of the molecule is CN(C(=O)c1ccc(Cl)c(-c2cnc(C(F)(F)F)cc2C#N)c1)c1ccccc1OCCC(=O)NCCOCCOCCOCCOCCOCCOCCOCCOCCN. The number of para-hydroxylation sites is 2. The van der Waals surface area contributed by atoms with Crippen molar-refractivity contribution in [2.24, 2.45) is 5.73 Å². The van der Waals surface area contributed by atoms with Crippen LogP contribution in [0.3, 0.4) is 0 Å². The van der Waals surface area contributed by atoms with Crippen LogP contribution in [0, 0.1) is 11.3 Å². The normalized spacial score (nSPS) is 11.4. The van der Waals surface area contributed by atoms with Crippen LogP contribution in [-0.4, -0.2) is 149 Å². The molecule has 1 heterocycles. The van der Waals surface area contributed by atoms with E-state index in [0.29, 0.717) is 130 Å². The molecule has 3 aromatic rings. The zero-order chi connectivity index (χ0) is 44.8. The predicted molar refractivity (Wildman–Crippen MR) is 222 cm³/mol. The van der Waals surface area contributed by atoms with Gasteiger partial charge in [-0.05, 0) is 36.4 Å². The molecular weight excluding hydrogens is 843 g/mol. The van der Waals surface area contributed by atoms with Crippen molar-refractivity contribution < 1.29 is 65.4 Å². The maximum absolute atomic E-state index is 13.6. The van der Waals surface area contributed by atoms with E-state index in [2.05, 4.69) is 10.3 Å². The van der Waals surface area contributed by atoms with Gasteiger partial charge in [-0.3, -0.25) is 14.6 Å². The number of ether oxygens (including phenoxy) is 9. The Hall–Kier alpha value is -4.46. The Balaban J connectivity index is 1.21. The molecule has 0 saturated heterocycles. The molecule has 62 heavy (non-hydrogen) atoms. The smallest absolute Gasteiger partial charge is 0.433 e. The third kappa shape index (κ3) is 20.2. The van der Waals surface area contributed by atoms with Crippen LogP contribution in [0.1, 0.15) is 28.0 Å². The van der Waals surface area contributed by atoms with Gasteiger partial charge in [-0.2, -0.15) is 18.4 Å². The molecule has 20 heteroatoms. The number of rotatable bonds is 33. The van der Waals surface area contributed by atoms with Crippen molar-refractivity contribution in [2.45, 2.75) is 12.6 Å². The van der Waals surface area contributed by atoms with E-state index < -0.39 is 17.8 Å². The van der Waals surface area contributed by atoms with Crippen molar-refractivity contribution >= 4 is 29.1 Å². The first-order chi connectivity index (χ1) is 30.1. The van der Waals surface area contributed by atoms with Gasteiger partial charge in [-0.15, -0.1) is 0 Å². The lowest BCUT2D eigenvalue weighted by Crippen LogP contribution is -2.29. The molecule has 342 valence electrons. The summed E-state index contributed by atoms with van der Waals surface area (Å²) in [5.41, 5.74) is 4.55. The first-order valence-electron chi connectivity index (χ1n) is 19.9.